The fourth-order valence-corrected chi connectivity index (χ4v) is 4.02. The second-order valence-electron chi connectivity index (χ2n) is 10.0. The molecule has 8 nitrogen and oxygen atoms in total. The lowest BCUT2D eigenvalue weighted by atomic mass is 9.93. The number of ether oxygens (including phenoxy) is 1. The van der Waals surface area contributed by atoms with Crippen molar-refractivity contribution in [2.75, 3.05) is 39.0 Å². The molecule has 0 aliphatic carbocycles. The number of carbonyl (C=O) groups excluding carboxylic acids is 2. The lowest BCUT2D eigenvalue weighted by molar-refractivity contribution is -0.117. The average molecular weight is 457 g/mol. The van der Waals surface area contributed by atoms with Crippen molar-refractivity contribution in [2.24, 2.45) is 5.92 Å². The molecule has 1 aromatic heterocycles. The summed E-state index contributed by atoms with van der Waals surface area (Å²) in [7, 11) is 3.95. The summed E-state index contributed by atoms with van der Waals surface area (Å²) in [5.74, 6) is 0.136. The van der Waals surface area contributed by atoms with Crippen molar-refractivity contribution in [3.63, 3.8) is 0 Å². The van der Waals surface area contributed by atoms with E-state index in [1.54, 1.807) is 27.8 Å². The van der Waals surface area contributed by atoms with Gasteiger partial charge in [-0.3, -0.25) is 9.59 Å². The molecular weight excluding hydrogens is 420 g/mol. The molecule has 2 amide bonds. The largest absolute Gasteiger partial charge is 0.444 e. The minimum atomic E-state index is -0.512. The maximum absolute atomic E-state index is 12.9. The van der Waals surface area contributed by atoms with Gasteiger partial charge in [-0.2, -0.15) is 0 Å². The van der Waals surface area contributed by atoms with Gasteiger partial charge in [0.25, 0.3) is 5.56 Å². The van der Waals surface area contributed by atoms with Crippen LogP contribution in [0.25, 0.3) is 10.8 Å². The molecule has 0 atom stereocenters. The third-order valence-electron chi connectivity index (χ3n) is 5.82. The minimum Gasteiger partial charge on any atom is -0.444 e. The van der Waals surface area contributed by atoms with Gasteiger partial charge in [0.05, 0.1) is 0 Å². The highest BCUT2D eigenvalue weighted by molar-refractivity contribution is 6.01. The molecule has 1 N–H and O–H groups in total. The van der Waals surface area contributed by atoms with Crippen LogP contribution in [0.1, 0.15) is 40.0 Å². The highest BCUT2D eigenvalue weighted by Crippen LogP contribution is 2.25. The summed E-state index contributed by atoms with van der Waals surface area (Å²) in [5.41, 5.74) is 0.0856. The molecule has 0 unspecified atom stereocenters. The van der Waals surface area contributed by atoms with Crippen molar-refractivity contribution in [1.82, 2.24) is 14.4 Å². The second-order valence-corrected chi connectivity index (χ2v) is 10.0. The zero-order valence-electron chi connectivity index (χ0n) is 20.4. The Labute approximate surface area is 195 Å². The molecule has 0 spiro atoms. The van der Waals surface area contributed by atoms with Gasteiger partial charge in [-0.1, -0.05) is 6.07 Å². The quantitative estimate of drug-likeness (QED) is 0.719. The third kappa shape index (κ3) is 6.81. The van der Waals surface area contributed by atoms with E-state index in [2.05, 4.69) is 5.32 Å². The number of likely N-dealkylation sites (tertiary alicyclic amines) is 1. The van der Waals surface area contributed by atoms with Gasteiger partial charge in [0, 0.05) is 55.3 Å². The Bertz CT molecular complexity index is 1050. The zero-order chi connectivity index (χ0) is 24.2. The number of hydrogen-bond donors (Lipinski definition) is 1. The molecule has 0 saturated carbocycles. The summed E-state index contributed by atoms with van der Waals surface area (Å²) in [6.45, 7) is 8.13. The van der Waals surface area contributed by atoms with Gasteiger partial charge in [0.15, 0.2) is 0 Å². The number of anilines is 1. The lowest BCUT2D eigenvalue weighted by Gasteiger charge is -2.33. The second kappa shape index (κ2) is 10.4. The summed E-state index contributed by atoms with van der Waals surface area (Å²) in [6, 6.07) is 7.32. The first-order valence-corrected chi connectivity index (χ1v) is 11.6. The van der Waals surface area contributed by atoms with Crippen LogP contribution in [0.15, 0.2) is 35.3 Å². The normalized spacial score (nSPS) is 15.2. The summed E-state index contributed by atoms with van der Waals surface area (Å²) >= 11 is 0. The third-order valence-corrected chi connectivity index (χ3v) is 5.82. The Hall–Kier alpha value is -2.87. The highest BCUT2D eigenvalue weighted by atomic mass is 16.6. The molecule has 0 bridgehead atoms. The SMILES string of the molecule is CN(C)CCn1ccc2c(NC(=O)CC3CCN(C(=O)OC(C)(C)C)CC3)cccc2c1=O. The fraction of sp³-hybridized carbons (Fsp3) is 0.560. The van der Waals surface area contributed by atoms with Gasteiger partial charge < -0.3 is 24.4 Å². The maximum atomic E-state index is 12.9. The highest BCUT2D eigenvalue weighted by Gasteiger charge is 2.27. The molecule has 180 valence electrons. The number of nitrogens with zero attached hydrogens (tertiary/aromatic N) is 3. The van der Waals surface area contributed by atoms with Crippen LogP contribution in [0, 0.1) is 5.92 Å². The van der Waals surface area contributed by atoms with Gasteiger partial charge in [-0.25, -0.2) is 4.79 Å². The van der Waals surface area contributed by atoms with Crippen molar-refractivity contribution in [3.8, 4) is 0 Å². The van der Waals surface area contributed by atoms with Crippen molar-refractivity contribution in [2.45, 2.75) is 52.2 Å². The van der Waals surface area contributed by atoms with E-state index in [1.165, 1.54) is 0 Å². The van der Waals surface area contributed by atoms with Gasteiger partial charge in [-0.05, 0) is 71.8 Å². The van der Waals surface area contributed by atoms with E-state index >= 15 is 0 Å². The first-order valence-electron chi connectivity index (χ1n) is 11.6. The van der Waals surface area contributed by atoms with Crippen LogP contribution in [0.3, 0.4) is 0 Å². The molecule has 2 heterocycles. The first kappa shape index (κ1) is 24.8. The van der Waals surface area contributed by atoms with Gasteiger partial charge in [-0.15, -0.1) is 0 Å². The van der Waals surface area contributed by atoms with Crippen LogP contribution < -0.4 is 10.9 Å². The average Bonchev–Trinajstić information content (AvgIpc) is 2.73. The van der Waals surface area contributed by atoms with E-state index in [0.29, 0.717) is 37.1 Å². The summed E-state index contributed by atoms with van der Waals surface area (Å²) in [5, 5.41) is 4.34. The number of aromatic nitrogens is 1. The first-order chi connectivity index (χ1) is 15.5. The lowest BCUT2D eigenvalue weighted by Crippen LogP contribution is -2.42. The monoisotopic (exact) mass is 456 g/mol. The van der Waals surface area contributed by atoms with Crippen molar-refractivity contribution in [1.29, 1.82) is 0 Å². The molecule has 8 heteroatoms. The van der Waals surface area contributed by atoms with Gasteiger partial charge >= 0.3 is 6.09 Å². The number of nitrogens with one attached hydrogen (secondary N) is 1. The van der Waals surface area contributed by atoms with Crippen LogP contribution in [0.4, 0.5) is 10.5 Å². The Morgan fingerprint density at radius 2 is 1.82 bits per heavy atom. The fourth-order valence-electron chi connectivity index (χ4n) is 4.02. The Kier molecular flexibility index (Phi) is 7.79. The van der Waals surface area contributed by atoms with Gasteiger partial charge in [0.1, 0.15) is 5.60 Å². The molecule has 33 heavy (non-hydrogen) atoms. The number of pyridine rings is 1. The van der Waals surface area contributed by atoms with E-state index in [0.717, 1.165) is 24.8 Å². The number of likely N-dealkylation sites (N-methyl/N-ethyl adjacent to an activating group) is 1. The van der Waals surface area contributed by atoms with Crippen LogP contribution >= 0.6 is 0 Å². The van der Waals surface area contributed by atoms with E-state index in [-0.39, 0.29) is 23.5 Å². The Morgan fingerprint density at radius 3 is 2.45 bits per heavy atom. The molecule has 1 aliphatic heterocycles. The molecule has 1 saturated heterocycles. The Morgan fingerprint density at radius 1 is 1.12 bits per heavy atom. The number of rotatable bonds is 6. The van der Waals surface area contributed by atoms with Crippen molar-refractivity contribution >= 4 is 28.5 Å². The van der Waals surface area contributed by atoms with E-state index in [9.17, 15) is 14.4 Å². The Balaban J connectivity index is 1.60. The van der Waals surface area contributed by atoms with Crippen LogP contribution in [0.2, 0.25) is 0 Å². The molecular formula is C25H36N4O4. The molecule has 3 rings (SSSR count). The molecule has 1 fully saturated rings. The summed E-state index contributed by atoms with van der Waals surface area (Å²) in [4.78, 5) is 41.6. The summed E-state index contributed by atoms with van der Waals surface area (Å²) in [6.07, 6.45) is 3.41. The maximum Gasteiger partial charge on any atom is 0.410 e. The van der Waals surface area contributed by atoms with E-state index < -0.39 is 5.60 Å². The predicted molar refractivity (Wildman–Crippen MR) is 131 cm³/mol. The minimum absolute atomic E-state index is 0.0556. The number of benzene rings is 1. The molecule has 2 aromatic rings. The van der Waals surface area contributed by atoms with E-state index in [1.807, 2.05) is 51.9 Å². The number of piperidine rings is 1. The topological polar surface area (TPSA) is 83.9 Å². The summed E-state index contributed by atoms with van der Waals surface area (Å²) < 4.78 is 7.14. The number of carbonyl (C=O) groups is 2. The van der Waals surface area contributed by atoms with Crippen LogP contribution in [-0.2, 0) is 16.1 Å². The molecule has 0 radical (unpaired) electrons. The molecule has 1 aromatic carbocycles. The molecule has 1 aliphatic rings. The number of hydrogen-bond acceptors (Lipinski definition) is 5. The number of amides is 2. The number of fused-ring (bicyclic) bond motifs is 1. The van der Waals surface area contributed by atoms with Crippen molar-refractivity contribution in [3.05, 3.63) is 40.8 Å². The van der Waals surface area contributed by atoms with E-state index in [4.69, 9.17) is 4.74 Å². The van der Waals surface area contributed by atoms with Crippen LogP contribution in [-0.4, -0.2) is 65.7 Å². The van der Waals surface area contributed by atoms with Gasteiger partial charge in [0.2, 0.25) is 5.91 Å². The standard InChI is InChI=1S/C25H36N4O4/c1-25(2,3)33-24(32)29-12-9-18(10-13-29)17-22(30)26-21-8-6-7-20-19(21)11-14-28(23(20)31)16-15-27(4)5/h6-8,11,14,18H,9-10,12-13,15-17H2,1-5H3,(H,26,30). The van der Waals surface area contributed by atoms with Crippen LogP contribution in [0.5, 0.6) is 0 Å². The predicted octanol–water partition coefficient (Wildman–Crippen LogP) is 3.54. The zero-order valence-corrected chi connectivity index (χ0v) is 20.4. The van der Waals surface area contributed by atoms with Crippen molar-refractivity contribution < 1.29 is 14.3 Å². The smallest absolute Gasteiger partial charge is 0.410 e.